The van der Waals surface area contributed by atoms with Crippen LogP contribution in [0.5, 0.6) is 0 Å². The van der Waals surface area contributed by atoms with Gasteiger partial charge < -0.3 is 19.3 Å². The number of carbonyl (C=O) groups is 2. The Morgan fingerprint density at radius 1 is 1.09 bits per heavy atom. The highest BCUT2D eigenvalue weighted by atomic mass is 16.7. The zero-order valence-corrected chi connectivity index (χ0v) is 19.7. The van der Waals surface area contributed by atoms with Gasteiger partial charge in [0, 0.05) is 37.9 Å². The zero-order chi connectivity index (χ0) is 23.0. The topological polar surface area (TPSA) is 82.1 Å². The van der Waals surface area contributed by atoms with Crippen LogP contribution in [-0.4, -0.2) is 49.6 Å². The number of ketones is 1. The summed E-state index contributed by atoms with van der Waals surface area (Å²) in [6.45, 7) is 0.998. The molecule has 1 N–H and O–H groups in total. The van der Waals surface area contributed by atoms with Crippen LogP contribution in [0.3, 0.4) is 0 Å². The number of esters is 1. The molecule has 1 saturated carbocycles. The van der Waals surface area contributed by atoms with Crippen molar-refractivity contribution in [2.75, 3.05) is 20.3 Å². The van der Waals surface area contributed by atoms with E-state index in [1.165, 1.54) is 7.11 Å². The second kappa shape index (κ2) is 16.2. The van der Waals surface area contributed by atoms with Crippen molar-refractivity contribution in [2.45, 2.75) is 95.9 Å². The lowest BCUT2D eigenvalue weighted by Crippen LogP contribution is -2.30. The van der Waals surface area contributed by atoms with Gasteiger partial charge in [0.25, 0.3) is 0 Å². The van der Waals surface area contributed by atoms with E-state index in [9.17, 15) is 9.59 Å². The lowest BCUT2D eigenvalue weighted by Gasteiger charge is -2.28. The number of hydrogen-bond acceptors (Lipinski definition) is 6. The molecule has 0 bridgehead atoms. The molecule has 6 nitrogen and oxygen atoms in total. The highest BCUT2D eigenvalue weighted by molar-refractivity contribution is 5.85. The number of unbranched alkanes of at least 4 members (excludes halogenated alkanes) is 5. The number of rotatable bonds is 15. The summed E-state index contributed by atoms with van der Waals surface area (Å²) in [5.41, 5.74) is 0. The minimum Gasteiger partial charge on any atom is -0.469 e. The first-order valence-corrected chi connectivity index (χ1v) is 12.4. The summed E-state index contributed by atoms with van der Waals surface area (Å²) in [7, 11) is 1.41. The molecule has 1 unspecified atom stereocenters. The lowest BCUT2D eigenvalue weighted by atomic mass is 9.90. The van der Waals surface area contributed by atoms with Crippen LogP contribution >= 0.6 is 0 Å². The van der Waals surface area contributed by atoms with E-state index in [1.807, 2.05) is 0 Å². The predicted molar refractivity (Wildman–Crippen MR) is 124 cm³/mol. The van der Waals surface area contributed by atoms with Crippen molar-refractivity contribution in [1.29, 1.82) is 0 Å². The van der Waals surface area contributed by atoms with Crippen LogP contribution in [0.2, 0.25) is 0 Å². The Labute approximate surface area is 193 Å². The molecule has 2 rings (SSSR count). The largest absolute Gasteiger partial charge is 0.469 e. The molecule has 182 valence electrons. The third-order valence-corrected chi connectivity index (χ3v) is 6.35. The summed E-state index contributed by atoms with van der Waals surface area (Å²) in [5.74, 6) is 0.0924. The molecule has 0 spiro atoms. The molecule has 6 heteroatoms. The highest BCUT2D eigenvalue weighted by Crippen LogP contribution is 2.37. The van der Waals surface area contributed by atoms with E-state index in [0.29, 0.717) is 19.3 Å². The molecule has 0 aromatic heterocycles. The zero-order valence-electron chi connectivity index (χ0n) is 19.7. The van der Waals surface area contributed by atoms with E-state index in [2.05, 4.69) is 29.0 Å². The van der Waals surface area contributed by atoms with Gasteiger partial charge in [0.1, 0.15) is 5.78 Å². The maximum absolute atomic E-state index is 12.8. The van der Waals surface area contributed by atoms with Gasteiger partial charge in [-0.1, -0.05) is 37.1 Å². The molecule has 1 heterocycles. The van der Waals surface area contributed by atoms with Crippen LogP contribution < -0.4 is 0 Å². The number of aliphatic hydroxyl groups excluding tert-OH is 1. The van der Waals surface area contributed by atoms with Gasteiger partial charge in [-0.05, 0) is 57.8 Å². The number of methoxy groups -OCH3 is 1. The summed E-state index contributed by atoms with van der Waals surface area (Å²) in [5, 5.41) is 8.89. The van der Waals surface area contributed by atoms with Gasteiger partial charge in [0.2, 0.25) is 0 Å². The molecule has 2 aliphatic rings. The van der Waals surface area contributed by atoms with Crippen LogP contribution in [0.4, 0.5) is 0 Å². The lowest BCUT2D eigenvalue weighted by molar-refractivity contribution is -0.192. The van der Waals surface area contributed by atoms with E-state index < -0.39 is 0 Å². The summed E-state index contributed by atoms with van der Waals surface area (Å²) in [4.78, 5) is 24.0. The summed E-state index contributed by atoms with van der Waals surface area (Å²) in [6, 6.07) is 0. The Morgan fingerprint density at radius 2 is 1.91 bits per heavy atom. The normalized spacial score (nSPS) is 26.4. The van der Waals surface area contributed by atoms with Gasteiger partial charge in [0.05, 0.1) is 13.2 Å². The molecular formula is C26H42O6. The Balaban J connectivity index is 1.88. The Bertz CT molecular complexity index is 593. The Hall–Kier alpha value is -1.50. The van der Waals surface area contributed by atoms with Crippen molar-refractivity contribution in [3.63, 3.8) is 0 Å². The third-order valence-electron chi connectivity index (χ3n) is 6.35. The Morgan fingerprint density at radius 3 is 2.66 bits per heavy atom. The van der Waals surface area contributed by atoms with E-state index in [1.54, 1.807) is 0 Å². The average Bonchev–Trinajstić information content (AvgIpc) is 3.09. The summed E-state index contributed by atoms with van der Waals surface area (Å²) >= 11 is 0. The molecule has 32 heavy (non-hydrogen) atoms. The smallest absolute Gasteiger partial charge is 0.305 e. The van der Waals surface area contributed by atoms with Crippen LogP contribution in [-0.2, 0) is 23.8 Å². The maximum atomic E-state index is 12.8. The number of allylic oxidation sites excluding steroid dienone is 3. The van der Waals surface area contributed by atoms with Crippen molar-refractivity contribution in [3.05, 3.63) is 24.3 Å². The minimum absolute atomic E-state index is 0.0638. The van der Waals surface area contributed by atoms with Crippen molar-refractivity contribution < 1.29 is 28.9 Å². The molecule has 2 fully saturated rings. The molecule has 1 aliphatic carbocycles. The minimum atomic E-state index is -0.191. The van der Waals surface area contributed by atoms with Gasteiger partial charge in [-0.15, -0.1) is 0 Å². The third kappa shape index (κ3) is 9.97. The number of carbonyl (C=O) groups excluding carboxylic acids is 2. The molecule has 4 atom stereocenters. The van der Waals surface area contributed by atoms with Crippen LogP contribution in [0, 0.1) is 11.8 Å². The first kappa shape index (κ1) is 26.7. The number of Topliss-reactive ketones (excluding diaryl/α,β-unsaturated/α-hetero) is 1. The number of ether oxygens (including phenoxy) is 3. The van der Waals surface area contributed by atoms with Crippen molar-refractivity contribution in [2.24, 2.45) is 11.8 Å². The van der Waals surface area contributed by atoms with Crippen molar-refractivity contribution in [1.82, 2.24) is 0 Å². The van der Waals surface area contributed by atoms with Gasteiger partial charge in [-0.25, -0.2) is 0 Å². The van der Waals surface area contributed by atoms with E-state index in [0.717, 1.165) is 70.8 Å². The standard InChI is InChI=1S/C26H42O6/c1-30-25(29)16-10-6-5-8-14-21-22(15-9-4-2-3-7-12-18-27)24(20-23(21)28)32-26-17-11-13-19-31-26/h5,8-9,15,21-22,24,26-27H,2-4,6-7,10-14,16-20H2,1H3/b8-5-,15-9?/t21-,22-,24-,26?/m1/s1. The second-order valence-corrected chi connectivity index (χ2v) is 8.86. The molecule has 0 aromatic rings. The maximum Gasteiger partial charge on any atom is 0.305 e. The summed E-state index contributed by atoms with van der Waals surface area (Å²) in [6.07, 6.45) is 19.6. The SMILES string of the molecule is COC(=O)CCC/C=C\C[C@H]1C(=O)C[C@@H](OC2CCCCO2)[C@@H]1C=CCCCCCCO. The molecule has 1 aliphatic heterocycles. The first-order valence-electron chi connectivity index (χ1n) is 12.4. The fraction of sp³-hybridized carbons (Fsp3) is 0.769. The van der Waals surface area contributed by atoms with Gasteiger partial charge in [-0.2, -0.15) is 0 Å². The molecule has 0 aromatic carbocycles. The van der Waals surface area contributed by atoms with Gasteiger partial charge in [-0.3, -0.25) is 9.59 Å². The number of hydrogen-bond donors (Lipinski definition) is 1. The molecular weight excluding hydrogens is 408 g/mol. The van der Waals surface area contributed by atoms with Crippen LogP contribution in [0.15, 0.2) is 24.3 Å². The van der Waals surface area contributed by atoms with E-state index in [4.69, 9.17) is 14.6 Å². The van der Waals surface area contributed by atoms with Gasteiger partial charge in [0.15, 0.2) is 6.29 Å². The van der Waals surface area contributed by atoms with Crippen LogP contribution in [0.25, 0.3) is 0 Å². The summed E-state index contributed by atoms with van der Waals surface area (Å²) < 4.78 is 16.7. The van der Waals surface area contributed by atoms with E-state index in [-0.39, 0.29) is 42.6 Å². The monoisotopic (exact) mass is 450 g/mol. The van der Waals surface area contributed by atoms with Crippen molar-refractivity contribution in [3.8, 4) is 0 Å². The molecule has 0 radical (unpaired) electrons. The first-order chi connectivity index (χ1) is 15.7. The van der Waals surface area contributed by atoms with Crippen LogP contribution in [0.1, 0.15) is 83.5 Å². The van der Waals surface area contributed by atoms with Crippen molar-refractivity contribution >= 4 is 11.8 Å². The average molecular weight is 451 g/mol. The number of aliphatic hydroxyl groups is 1. The molecule has 1 saturated heterocycles. The fourth-order valence-electron chi connectivity index (χ4n) is 4.47. The van der Waals surface area contributed by atoms with E-state index >= 15 is 0 Å². The Kier molecular flexibility index (Phi) is 13.5. The van der Waals surface area contributed by atoms with Gasteiger partial charge >= 0.3 is 5.97 Å². The highest BCUT2D eigenvalue weighted by Gasteiger charge is 2.42. The molecule has 0 amide bonds. The quantitative estimate of drug-likeness (QED) is 0.217. The fourth-order valence-corrected chi connectivity index (χ4v) is 4.47. The second-order valence-electron chi connectivity index (χ2n) is 8.86. The predicted octanol–water partition coefficient (Wildman–Crippen LogP) is 4.89.